The van der Waals surface area contributed by atoms with E-state index in [0.29, 0.717) is 6.29 Å². The van der Waals surface area contributed by atoms with Crippen molar-refractivity contribution in [2.75, 3.05) is 27.2 Å². The molecular weight excluding hydrogens is 320 g/mol. The number of carboxylic acids is 1. The molecule has 9 nitrogen and oxygen atoms in total. The number of likely N-dealkylation sites (N-methyl/N-ethyl adjacent to an activating group) is 2. The van der Waals surface area contributed by atoms with Gasteiger partial charge in [-0.3, -0.25) is 0 Å². The molecule has 0 aliphatic rings. The smallest absolute Gasteiger partial charge is 0.410 e. The van der Waals surface area contributed by atoms with Gasteiger partial charge in [0.2, 0.25) is 6.10 Å². The SMILES string of the molecule is CN(CCN(C)C(=O)OC(C)(C)C)C(=O)OC(CCC=O)C(=O)O. The van der Waals surface area contributed by atoms with E-state index in [2.05, 4.69) is 0 Å². The van der Waals surface area contributed by atoms with Crippen LogP contribution in [0.1, 0.15) is 33.6 Å². The van der Waals surface area contributed by atoms with Gasteiger partial charge in [-0.05, 0) is 20.8 Å². The second-order valence-corrected chi connectivity index (χ2v) is 6.28. The number of ether oxygens (including phenoxy) is 2. The summed E-state index contributed by atoms with van der Waals surface area (Å²) >= 11 is 0. The Morgan fingerprint density at radius 1 is 1.08 bits per heavy atom. The van der Waals surface area contributed by atoms with Crippen LogP contribution in [0.5, 0.6) is 0 Å². The van der Waals surface area contributed by atoms with E-state index in [1.807, 2.05) is 0 Å². The third-order valence-electron chi connectivity index (χ3n) is 2.85. The minimum atomic E-state index is -1.38. The number of carbonyl (C=O) groups is 4. The largest absolute Gasteiger partial charge is 0.479 e. The molecule has 0 spiro atoms. The number of rotatable bonds is 8. The maximum atomic E-state index is 11.8. The molecule has 2 amide bonds. The van der Waals surface area contributed by atoms with Gasteiger partial charge in [-0.1, -0.05) is 0 Å². The van der Waals surface area contributed by atoms with Gasteiger partial charge < -0.3 is 29.2 Å². The van der Waals surface area contributed by atoms with Crippen molar-refractivity contribution in [3.05, 3.63) is 0 Å². The highest BCUT2D eigenvalue weighted by Gasteiger charge is 2.24. The van der Waals surface area contributed by atoms with Crippen LogP contribution >= 0.6 is 0 Å². The number of carbonyl (C=O) groups excluding carboxylic acids is 3. The number of amides is 2. The molecule has 0 rings (SSSR count). The van der Waals surface area contributed by atoms with Crippen molar-refractivity contribution < 1.29 is 33.8 Å². The first-order valence-electron chi connectivity index (χ1n) is 7.50. The highest BCUT2D eigenvalue weighted by Crippen LogP contribution is 2.09. The molecule has 0 bridgehead atoms. The van der Waals surface area contributed by atoms with Gasteiger partial charge in [0, 0.05) is 40.0 Å². The third-order valence-corrected chi connectivity index (χ3v) is 2.85. The summed E-state index contributed by atoms with van der Waals surface area (Å²) in [5.41, 5.74) is -0.622. The Bertz CT molecular complexity index is 459. The summed E-state index contributed by atoms with van der Waals surface area (Å²) < 4.78 is 10.0. The lowest BCUT2D eigenvalue weighted by Gasteiger charge is -2.26. The van der Waals surface area contributed by atoms with Crippen molar-refractivity contribution in [3.8, 4) is 0 Å². The van der Waals surface area contributed by atoms with Gasteiger partial charge in [-0.15, -0.1) is 0 Å². The minimum Gasteiger partial charge on any atom is -0.479 e. The Hall–Kier alpha value is -2.32. The summed E-state index contributed by atoms with van der Waals surface area (Å²) in [6, 6.07) is 0. The summed E-state index contributed by atoms with van der Waals surface area (Å²) in [6.45, 7) is 5.55. The van der Waals surface area contributed by atoms with Crippen LogP contribution in [0.25, 0.3) is 0 Å². The summed E-state index contributed by atoms with van der Waals surface area (Å²) in [7, 11) is 2.95. The number of carboxylic acid groups (broad SMARTS) is 1. The number of nitrogens with zero attached hydrogens (tertiary/aromatic N) is 2. The lowest BCUT2D eigenvalue weighted by atomic mass is 10.2. The molecule has 0 saturated carbocycles. The zero-order chi connectivity index (χ0) is 18.9. The summed E-state index contributed by atoms with van der Waals surface area (Å²) in [5, 5.41) is 8.95. The van der Waals surface area contributed by atoms with Crippen LogP contribution < -0.4 is 0 Å². The van der Waals surface area contributed by atoms with Gasteiger partial charge in [-0.2, -0.15) is 0 Å². The van der Waals surface area contributed by atoms with Gasteiger partial charge in [0.05, 0.1) is 0 Å². The Balaban J connectivity index is 4.41. The first-order chi connectivity index (χ1) is 11.0. The van der Waals surface area contributed by atoms with Crippen LogP contribution in [0, 0.1) is 0 Å². The van der Waals surface area contributed by atoms with Gasteiger partial charge in [-0.25, -0.2) is 14.4 Å². The van der Waals surface area contributed by atoms with Crippen LogP contribution in [0.2, 0.25) is 0 Å². The molecule has 0 saturated heterocycles. The number of hydrogen-bond donors (Lipinski definition) is 1. The van der Waals surface area contributed by atoms with Gasteiger partial charge in [0.15, 0.2) is 0 Å². The molecule has 138 valence electrons. The van der Waals surface area contributed by atoms with E-state index in [1.165, 1.54) is 19.0 Å². The fourth-order valence-electron chi connectivity index (χ4n) is 1.49. The summed E-state index contributed by atoms with van der Waals surface area (Å²) in [4.78, 5) is 47.4. The molecular formula is C15H26N2O7. The predicted molar refractivity (Wildman–Crippen MR) is 84.7 cm³/mol. The van der Waals surface area contributed by atoms with E-state index in [0.717, 1.165) is 4.90 Å². The quantitative estimate of drug-likeness (QED) is 0.660. The van der Waals surface area contributed by atoms with Crippen LogP contribution in [-0.2, 0) is 19.1 Å². The average molecular weight is 346 g/mol. The molecule has 9 heteroatoms. The highest BCUT2D eigenvalue weighted by molar-refractivity contribution is 5.77. The van der Waals surface area contributed by atoms with Crippen molar-refractivity contribution in [1.82, 2.24) is 9.80 Å². The van der Waals surface area contributed by atoms with E-state index in [9.17, 15) is 19.2 Å². The first kappa shape index (κ1) is 21.7. The zero-order valence-electron chi connectivity index (χ0n) is 14.8. The number of aliphatic carboxylic acids is 1. The van der Waals surface area contributed by atoms with Crippen LogP contribution in [0.15, 0.2) is 0 Å². The van der Waals surface area contributed by atoms with Crippen molar-refractivity contribution in [2.24, 2.45) is 0 Å². The van der Waals surface area contributed by atoms with Crippen LogP contribution in [-0.4, -0.2) is 78.2 Å². The second-order valence-electron chi connectivity index (χ2n) is 6.28. The molecule has 1 unspecified atom stereocenters. The monoisotopic (exact) mass is 346 g/mol. The Labute approximate surface area is 141 Å². The summed E-state index contributed by atoms with van der Waals surface area (Å²) in [5.74, 6) is -1.32. The Morgan fingerprint density at radius 2 is 1.58 bits per heavy atom. The first-order valence-corrected chi connectivity index (χ1v) is 7.50. The summed E-state index contributed by atoms with van der Waals surface area (Å²) in [6.07, 6.45) is -2.30. The molecule has 0 fully saturated rings. The molecule has 0 heterocycles. The Morgan fingerprint density at radius 3 is 2.00 bits per heavy atom. The topological polar surface area (TPSA) is 113 Å². The van der Waals surface area contributed by atoms with Crippen molar-refractivity contribution >= 4 is 24.4 Å². The number of hydrogen-bond acceptors (Lipinski definition) is 6. The van der Waals surface area contributed by atoms with Gasteiger partial charge in [0.25, 0.3) is 0 Å². The molecule has 0 aliphatic heterocycles. The molecule has 24 heavy (non-hydrogen) atoms. The molecule has 0 aromatic heterocycles. The van der Waals surface area contributed by atoms with Gasteiger partial charge in [0.1, 0.15) is 11.9 Å². The maximum Gasteiger partial charge on any atom is 0.410 e. The maximum absolute atomic E-state index is 11.8. The third kappa shape index (κ3) is 8.96. The van der Waals surface area contributed by atoms with Crippen molar-refractivity contribution in [2.45, 2.75) is 45.3 Å². The molecule has 1 atom stereocenters. The molecule has 1 N–H and O–H groups in total. The Kier molecular flexibility index (Phi) is 8.80. The molecule has 0 aliphatic carbocycles. The van der Waals surface area contributed by atoms with E-state index < -0.39 is 29.9 Å². The fourth-order valence-corrected chi connectivity index (χ4v) is 1.49. The van der Waals surface area contributed by atoms with Crippen LogP contribution in [0.4, 0.5) is 9.59 Å². The predicted octanol–water partition coefficient (Wildman–Crippen LogP) is 1.35. The lowest BCUT2D eigenvalue weighted by Crippen LogP contribution is -2.41. The second kappa shape index (κ2) is 9.74. The minimum absolute atomic E-state index is 0.0185. The zero-order valence-corrected chi connectivity index (χ0v) is 14.8. The van der Waals surface area contributed by atoms with E-state index >= 15 is 0 Å². The molecule has 0 aromatic carbocycles. The molecule has 0 radical (unpaired) electrons. The normalized spacial score (nSPS) is 12.0. The standard InChI is InChI=1S/C15H26N2O7/c1-15(2,3)24-14(22)17(5)9-8-16(4)13(21)23-11(12(19)20)7-6-10-18/h10-11H,6-9H2,1-5H3,(H,19,20). The molecule has 0 aromatic rings. The number of aldehydes is 1. The fraction of sp³-hybridized carbons (Fsp3) is 0.733. The van der Waals surface area contributed by atoms with Crippen molar-refractivity contribution in [3.63, 3.8) is 0 Å². The van der Waals surface area contributed by atoms with E-state index in [1.54, 1.807) is 20.8 Å². The van der Waals surface area contributed by atoms with Crippen molar-refractivity contribution in [1.29, 1.82) is 0 Å². The highest BCUT2D eigenvalue weighted by atomic mass is 16.6. The van der Waals surface area contributed by atoms with E-state index in [4.69, 9.17) is 14.6 Å². The average Bonchev–Trinajstić information content (AvgIpc) is 2.46. The lowest BCUT2D eigenvalue weighted by molar-refractivity contribution is -0.147. The van der Waals surface area contributed by atoms with E-state index in [-0.39, 0.29) is 25.9 Å². The van der Waals surface area contributed by atoms with Gasteiger partial charge >= 0.3 is 18.2 Å². The van der Waals surface area contributed by atoms with Crippen LogP contribution in [0.3, 0.4) is 0 Å².